The highest BCUT2D eigenvalue weighted by atomic mass is 35.5. The smallest absolute Gasteiger partial charge is 0.328 e. The summed E-state index contributed by atoms with van der Waals surface area (Å²) in [6.45, 7) is 3.17. The molecule has 1 aliphatic rings. The minimum atomic E-state index is -0.953. The van der Waals surface area contributed by atoms with E-state index in [4.69, 9.17) is 16.7 Å². The van der Waals surface area contributed by atoms with Crippen molar-refractivity contribution in [3.05, 3.63) is 34.9 Å². The van der Waals surface area contributed by atoms with Gasteiger partial charge in [0.05, 0.1) is 10.7 Å². The van der Waals surface area contributed by atoms with Crippen LogP contribution in [0, 0.1) is 0 Å². The second-order valence-electron chi connectivity index (χ2n) is 4.81. The van der Waals surface area contributed by atoms with Gasteiger partial charge in [-0.2, -0.15) is 0 Å². The summed E-state index contributed by atoms with van der Waals surface area (Å²) in [4.78, 5) is 12.8. The van der Waals surface area contributed by atoms with Crippen LogP contribution in [0.3, 0.4) is 0 Å². The standard InChI is InChI=1S/C15H18ClNO2/c1-2-9-17(12-5-6-12)14-7-3-11(10-13(14)16)4-8-15(18)19/h3-4,7-8,10,12H,2,5-6,9H2,1H3,(H,18,19)/b8-4+. The van der Waals surface area contributed by atoms with E-state index in [1.165, 1.54) is 12.8 Å². The molecule has 0 saturated heterocycles. The molecular formula is C15H18ClNO2. The molecule has 1 aliphatic carbocycles. The zero-order chi connectivity index (χ0) is 13.8. The lowest BCUT2D eigenvalue weighted by Crippen LogP contribution is -2.26. The molecule has 1 aromatic carbocycles. The highest BCUT2D eigenvalue weighted by molar-refractivity contribution is 6.33. The fourth-order valence-corrected chi connectivity index (χ4v) is 2.45. The number of rotatable bonds is 6. The zero-order valence-corrected chi connectivity index (χ0v) is 11.7. The number of hydrogen-bond acceptors (Lipinski definition) is 2. The van der Waals surface area contributed by atoms with Gasteiger partial charge in [0.2, 0.25) is 0 Å². The van der Waals surface area contributed by atoms with Gasteiger partial charge in [0.1, 0.15) is 0 Å². The van der Waals surface area contributed by atoms with E-state index in [1.54, 1.807) is 6.08 Å². The highest BCUT2D eigenvalue weighted by Gasteiger charge is 2.29. The molecular weight excluding hydrogens is 262 g/mol. The summed E-state index contributed by atoms with van der Waals surface area (Å²) >= 11 is 6.32. The summed E-state index contributed by atoms with van der Waals surface area (Å²) in [5, 5.41) is 9.30. The first-order valence-electron chi connectivity index (χ1n) is 6.59. The van der Waals surface area contributed by atoms with Crippen LogP contribution >= 0.6 is 11.6 Å². The number of benzene rings is 1. The lowest BCUT2D eigenvalue weighted by atomic mass is 10.1. The summed E-state index contributed by atoms with van der Waals surface area (Å²) in [7, 11) is 0. The highest BCUT2D eigenvalue weighted by Crippen LogP contribution is 2.36. The number of anilines is 1. The Morgan fingerprint density at radius 2 is 2.26 bits per heavy atom. The molecule has 0 aliphatic heterocycles. The maximum absolute atomic E-state index is 10.5. The molecule has 0 spiro atoms. The van der Waals surface area contributed by atoms with Gasteiger partial charge in [0.25, 0.3) is 0 Å². The van der Waals surface area contributed by atoms with Crippen molar-refractivity contribution in [2.75, 3.05) is 11.4 Å². The van der Waals surface area contributed by atoms with Crippen LogP contribution in [0.5, 0.6) is 0 Å². The molecule has 19 heavy (non-hydrogen) atoms. The summed E-state index contributed by atoms with van der Waals surface area (Å²) in [6, 6.07) is 6.34. The Morgan fingerprint density at radius 1 is 1.53 bits per heavy atom. The average Bonchev–Trinajstić information content (AvgIpc) is 3.18. The van der Waals surface area contributed by atoms with Crippen LogP contribution in [0.2, 0.25) is 5.02 Å². The number of carboxylic acid groups (broad SMARTS) is 1. The molecule has 1 fully saturated rings. The van der Waals surface area contributed by atoms with Crippen LogP contribution in [-0.4, -0.2) is 23.7 Å². The van der Waals surface area contributed by atoms with E-state index in [-0.39, 0.29) is 0 Å². The number of halogens is 1. The molecule has 0 unspecified atom stereocenters. The van der Waals surface area contributed by atoms with Gasteiger partial charge in [0, 0.05) is 18.7 Å². The fourth-order valence-electron chi connectivity index (χ4n) is 2.15. The summed E-state index contributed by atoms with van der Waals surface area (Å²) in [6.07, 6.45) is 6.23. The minimum absolute atomic E-state index is 0.623. The van der Waals surface area contributed by atoms with E-state index in [0.717, 1.165) is 30.3 Å². The van der Waals surface area contributed by atoms with E-state index < -0.39 is 5.97 Å². The predicted molar refractivity (Wildman–Crippen MR) is 78.8 cm³/mol. The molecule has 0 amide bonds. The van der Waals surface area contributed by atoms with Gasteiger partial charge < -0.3 is 10.0 Å². The van der Waals surface area contributed by atoms with Crippen molar-refractivity contribution in [3.63, 3.8) is 0 Å². The Labute approximate surface area is 118 Å². The molecule has 1 N–H and O–H groups in total. The van der Waals surface area contributed by atoms with Gasteiger partial charge in [-0.3, -0.25) is 0 Å². The Hall–Kier alpha value is -1.48. The number of aliphatic carboxylic acids is 1. The van der Waals surface area contributed by atoms with Crippen LogP contribution in [0.1, 0.15) is 31.7 Å². The SMILES string of the molecule is CCCN(c1ccc(/C=C/C(=O)O)cc1Cl)C1CC1. The van der Waals surface area contributed by atoms with Gasteiger partial charge >= 0.3 is 5.97 Å². The molecule has 1 aromatic rings. The van der Waals surface area contributed by atoms with E-state index in [2.05, 4.69) is 11.8 Å². The van der Waals surface area contributed by atoms with E-state index >= 15 is 0 Å². The van der Waals surface area contributed by atoms with Crippen LogP contribution in [0.4, 0.5) is 5.69 Å². The topological polar surface area (TPSA) is 40.5 Å². The fraction of sp³-hybridized carbons (Fsp3) is 0.400. The second-order valence-corrected chi connectivity index (χ2v) is 5.21. The molecule has 0 aromatic heterocycles. The molecule has 0 radical (unpaired) electrons. The molecule has 2 rings (SSSR count). The lowest BCUT2D eigenvalue weighted by molar-refractivity contribution is -0.131. The van der Waals surface area contributed by atoms with Gasteiger partial charge in [-0.15, -0.1) is 0 Å². The molecule has 3 nitrogen and oxygen atoms in total. The van der Waals surface area contributed by atoms with Crippen molar-refractivity contribution in [1.29, 1.82) is 0 Å². The van der Waals surface area contributed by atoms with E-state index in [1.807, 2.05) is 18.2 Å². The van der Waals surface area contributed by atoms with E-state index in [9.17, 15) is 4.79 Å². The maximum atomic E-state index is 10.5. The van der Waals surface area contributed by atoms with E-state index in [0.29, 0.717) is 11.1 Å². The monoisotopic (exact) mass is 279 g/mol. The lowest BCUT2D eigenvalue weighted by Gasteiger charge is -2.25. The largest absolute Gasteiger partial charge is 0.478 e. The quantitative estimate of drug-likeness (QED) is 0.805. The first kappa shape index (κ1) is 13.9. The predicted octanol–water partition coefficient (Wildman–Crippen LogP) is 3.82. The Bertz CT molecular complexity index is 495. The van der Waals surface area contributed by atoms with Crippen molar-refractivity contribution in [2.24, 2.45) is 0 Å². The maximum Gasteiger partial charge on any atom is 0.328 e. The molecule has 102 valence electrons. The Morgan fingerprint density at radius 3 is 2.79 bits per heavy atom. The Kier molecular flexibility index (Phi) is 4.48. The van der Waals surface area contributed by atoms with Crippen LogP contribution in [0.25, 0.3) is 6.08 Å². The third kappa shape index (κ3) is 3.74. The van der Waals surface area contributed by atoms with Crippen molar-refractivity contribution in [2.45, 2.75) is 32.2 Å². The first-order chi connectivity index (χ1) is 9.11. The summed E-state index contributed by atoms with van der Waals surface area (Å²) in [5.41, 5.74) is 1.86. The van der Waals surface area contributed by atoms with Crippen LogP contribution < -0.4 is 4.90 Å². The third-order valence-electron chi connectivity index (χ3n) is 3.15. The molecule has 0 heterocycles. The number of nitrogens with zero attached hydrogens (tertiary/aromatic N) is 1. The second kappa shape index (κ2) is 6.11. The van der Waals surface area contributed by atoms with Crippen LogP contribution in [-0.2, 0) is 4.79 Å². The van der Waals surface area contributed by atoms with Crippen LogP contribution in [0.15, 0.2) is 24.3 Å². The minimum Gasteiger partial charge on any atom is -0.478 e. The van der Waals surface area contributed by atoms with Gasteiger partial charge in [-0.25, -0.2) is 4.79 Å². The third-order valence-corrected chi connectivity index (χ3v) is 3.45. The summed E-state index contributed by atoms with van der Waals surface area (Å²) < 4.78 is 0. The van der Waals surface area contributed by atoms with Gasteiger partial charge in [0.15, 0.2) is 0 Å². The number of hydrogen-bond donors (Lipinski definition) is 1. The first-order valence-corrected chi connectivity index (χ1v) is 6.97. The van der Waals surface area contributed by atoms with Crippen molar-refractivity contribution < 1.29 is 9.90 Å². The molecule has 4 heteroatoms. The summed E-state index contributed by atoms with van der Waals surface area (Å²) in [5.74, 6) is -0.953. The molecule has 1 saturated carbocycles. The molecule has 0 atom stereocenters. The van der Waals surface area contributed by atoms with Gasteiger partial charge in [-0.1, -0.05) is 24.6 Å². The normalized spacial score (nSPS) is 14.8. The van der Waals surface area contributed by atoms with Crippen molar-refractivity contribution >= 4 is 29.3 Å². The van der Waals surface area contributed by atoms with Crippen molar-refractivity contribution in [3.8, 4) is 0 Å². The Balaban J connectivity index is 2.20. The number of carbonyl (C=O) groups is 1. The number of carboxylic acids is 1. The average molecular weight is 280 g/mol. The van der Waals surface area contributed by atoms with Crippen molar-refractivity contribution in [1.82, 2.24) is 0 Å². The zero-order valence-electron chi connectivity index (χ0n) is 11.0. The molecule has 0 bridgehead atoms. The van der Waals surface area contributed by atoms with Gasteiger partial charge in [-0.05, 0) is 43.0 Å².